The predicted octanol–water partition coefficient (Wildman–Crippen LogP) is 3.15. The third-order valence-electron chi connectivity index (χ3n) is 4.92. The van der Waals surface area contributed by atoms with E-state index in [2.05, 4.69) is 6.92 Å². The molecule has 0 spiro atoms. The third kappa shape index (κ3) is 3.31. The highest BCUT2D eigenvalue weighted by atomic mass is 16.1. The van der Waals surface area contributed by atoms with Gasteiger partial charge in [-0.15, -0.1) is 0 Å². The minimum Gasteiger partial charge on any atom is -0.330 e. The van der Waals surface area contributed by atoms with Gasteiger partial charge in [0.25, 0.3) is 0 Å². The molecule has 0 aliphatic heterocycles. The molecule has 0 amide bonds. The first kappa shape index (κ1) is 13.1. The minimum absolute atomic E-state index is 0.369. The molecule has 2 fully saturated rings. The summed E-state index contributed by atoms with van der Waals surface area (Å²) in [4.78, 5) is 12.5. The van der Waals surface area contributed by atoms with E-state index in [1.54, 1.807) is 0 Å². The fourth-order valence-corrected chi connectivity index (χ4v) is 3.71. The molecule has 0 heterocycles. The second-order valence-corrected chi connectivity index (χ2v) is 6.32. The number of rotatable bonds is 3. The van der Waals surface area contributed by atoms with Crippen LogP contribution >= 0.6 is 0 Å². The van der Waals surface area contributed by atoms with Crippen molar-refractivity contribution >= 4 is 5.78 Å². The van der Waals surface area contributed by atoms with Gasteiger partial charge in [0.15, 0.2) is 0 Å². The molecule has 2 aliphatic rings. The van der Waals surface area contributed by atoms with Crippen LogP contribution in [0.15, 0.2) is 0 Å². The molecule has 0 radical (unpaired) electrons. The van der Waals surface area contributed by atoms with Crippen LogP contribution in [0.25, 0.3) is 0 Å². The number of Topliss-reactive ketones (excluding diaryl/α,β-unsaturated/α-hetero) is 1. The van der Waals surface area contributed by atoms with Crippen molar-refractivity contribution in [2.24, 2.45) is 29.4 Å². The fourth-order valence-electron chi connectivity index (χ4n) is 3.71. The van der Waals surface area contributed by atoms with Gasteiger partial charge in [0.2, 0.25) is 0 Å². The standard InChI is InChI=1S/C15H27NO/c1-11-3-2-4-14(9-11)15(17)13-7-5-12(10-16)6-8-13/h11-14H,2-10,16H2,1H3. The van der Waals surface area contributed by atoms with Crippen LogP contribution in [0.4, 0.5) is 0 Å². The lowest BCUT2D eigenvalue weighted by Gasteiger charge is -2.32. The average Bonchev–Trinajstić information content (AvgIpc) is 2.38. The lowest BCUT2D eigenvalue weighted by Crippen LogP contribution is -2.31. The van der Waals surface area contributed by atoms with Gasteiger partial charge in [-0.25, -0.2) is 0 Å². The van der Waals surface area contributed by atoms with Crippen LogP contribution in [0.2, 0.25) is 0 Å². The number of hydrogen-bond donors (Lipinski definition) is 1. The largest absolute Gasteiger partial charge is 0.330 e. The van der Waals surface area contributed by atoms with E-state index >= 15 is 0 Å². The number of hydrogen-bond acceptors (Lipinski definition) is 2. The fraction of sp³-hybridized carbons (Fsp3) is 0.933. The van der Waals surface area contributed by atoms with Crippen molar-refractivity contribution in [2.75, 3.05) is 6.54 Å². The summed E-state index contributed by atoms with van der Waals surface area (Å²) in [7, 11) is 0. The zero-order valence-electron chi connectivity index (χ0n) is 11.2. The Hall–Kier alpha value is -0.370. The van der Waals surface area contributed by atoms with E-state index in [9.17, 15) is 4.79 Å². The number of nitrogens with two attached hydrogens (primary N) is 1. The molecule has 0 aromatic carbocycles. The summed E-state index contributed by atoms with van der Waals surface area (Å²) in [5.41, 5.74) is 5.70. The van der Waals surface area contributed by atoms with Crippen LogP contribution in [0.1, 0.15) is 58.3 Å². The number of ketones is 1. The molecule has 2 heteroatoms. The van der Waals surface area contributed by atoms with Gasteiger partial charge in [-0.3, -0.25) is 4.79 Å². The highest BCUT2D eigenvalue weighted by molar-refractivity contribution is 5.83. The van der Waals surface area contributed by atoms with E-state index in [-0.39, 0.29) is 0 Å². The summed E-state index contributed by atoms with van der Waals surface area (Å²) in [6.45, 7) is 3.10. The zero-order chi connectivity index (χ0) is 12.3. The Balaban J connectivity index is 1.83. The Morgan fingerprint density at radius 3 is 2.35 bits per heavy atom. The van der Waals surface area contributed by atoms with Gasteiger partial charge in [0, 0.05) is 11.8 Å². The van der Waals surface area contributed by atoms with Crippen molar-refractivity contribution in [1.82, 2.24) is 0 Å². The van der Waals surface area contributed by atoms with Crippen molar-refractivity contribution < 1.29 is 4.79 Å². The first-order chi connectivity index (χ1) is 8.20. The van der Waals surface area contributed by atoms with Crippen molar-refractivity contribution in [3.63, 3.8) is 0 Å². The molecular formula is C15H27NO. The predicted molar refractivity (Wildman–Crippen MR) is 70.6 cm³/mol. The Morgan fingerprint density at radius 1 is 1.06 bits per heavy atom. The van der Waals surface area contributed by atoms with Crippen LogP contribution in [-0.4, -0.2) is 12.3 Å². The number of carbonyl (C=O) groups is 1. The maximum absolute atomic E-state index is 12.5. The molecule has 98 valence electrons. The third-order valence-corrected chi connectivity index (χ3v) is 4.92. The van der Waals surface area contributed by atoms with Crippen molar-refractivity contribution in [2.45, 2.75) is 58.3 Å². The maximum Gasteiger partial charge on any atom is 0.139 e. The van der Waals surface area contributed by atoms with Gasteiger partial charge in [0.1, 0.15) is 5.78 Å². The molecule has 0 bridgehead atoms. The van der Waals surface area contributed by atoms with Crippen LogP contribution in [0.5, 0.6) is 0 Å². The van der Waals surface area contributed by atoms with Crippen molar-refractivity contribution in [3.05, 3.63) is 0 Å². The first-order valence-electron chi connectivity index (χ1n) is 7.44. The molecule has 2 nitrogen and oxygen atoms in total. The highest BCUT2D eigenvalue weighted by Gasteiger charge is 2.32. The van der Waals surface area contributed by atoms with Crippen LogP contribution in [-0.2, 0) is 4.79 Å². The van der Waals surface area contributed by atoms with Gasteiger partial charge < -0.3 is 5.73 Å². The Labute approximate surface area is 105 Å². The molecule has 17 heavy (non-hydrogen) atoms. The topological polar surface area (TPSA) is 43.1 Å². The average molecular weight is 237 g/mol. The van der Waals surface area contributed by atoms with E-state index < -0.39 is 0 Å². The normalized spacial score (nSPS) is 38.9. The summed E-state index contributed by atoms with van der Waals surface area (Å²) in [6.07, 6.45) is 9.44. The Bertz CT molecular complexity index is 256. The molecule has 2 unspecified atom stereocenters. The maximum atomic E-state index is 12.5. The van der Waals surface area contributed by atoms with Crippen molar-refractivity contribution in [3.8, 4) is 0 Å². The smallest absolute Gasteiger partial charge is 0.139 e. The van der Waals surface area contributed by atoms with Gasteiger partial charge in [-0.2, -0.15) is 0 Å². The summed E-state index contributed by atoms with van der Waals surface area (Å²) in [6, 6.07) is 0. The van der Waals surface area contributed by atoms with E-state index in [0.29, 0.717) is 23.5 Å². The summed E-state index contributed by atoms with van der Waals surface area (Å²) in [5, 5.41) is 0. The number of carbonyl (C=O) groups excluding carboxylic acids is 1. The van der Waals surface area contributed by atoms with Crippen molar-refractivity contribution in [1.29, 1.82) is 0 Å². The summed E-state index contributed by atoms with van der Waals surface area (Å²) < 4.78 is 0. The Kier molecular flexibility index (Phi) is 4.61. The van der Waals surface area contributed by atoms with Crippen LogP contribution in [0, 0.1) is 23.7 Å². The van der Waals surface area contributed by atoms with E-state index in [1.165, 1.54) is 25.7 Å². The first-order valence-corrected chi connectivity index (χ1v) is 7.44. The van der Waals surface area contributed by atoms with E-state index in [0.717, 1.165) is 38.1 Å². The summed E-state index contributed by atoms with van der Waals surface area (Å²) in [5.74, 6) is 2.79. The highest BCUT2D eigenvalue weighted by Crippen LogP contribution is 2.36. The van der Waals surface area contributed by atoms with E-state index in [1.807, 2.05) is 0 Å². The second-order valence-electron chi connectivity index (χ2n) is 6.32. The second kappa shape index (κ2) is 5.99. The van der Waals surface area contributed by atoms with Gasteiger partial charge in [-0.05, 0) is 56.9 Å². The van der Waals surface area contributed by atoms with Crippen LogP contribution < -0.4 is 5.73 Å². The van der Waals surface area contributed by atoms with Gasteiger partial charge in [-0.1, -0.05) is 19.8 Å². The lowest BCUT2D eigenvalue weighted by atomic mass is 9.72. The molecule has 2 aliphatic carbocycles. The zero-order valence-corrected chi connectivity index (χ0v) is 11.2. The molecule has 2 atom stereocenters. The van der Waals surface area contributed by atoms with Gasteiger partial charge >= 0.3 is 0 Å². The van der Waals surface area contributed by atoms with Gasteiger partial charge in [0.05, 0.1) is 0 Å². The molecule has 0 aromatic heterocycles. The molecule has 2 N–H and O–H groups in total. The molecular weight excluding hydrogens is 210 g/mol. The molecule has 2 rings (SSSR count). The SMILES string of the molecule is CC1CCCC(C(=O)C2CCC(CN)CC2)C1. The molecule has 0 saturated heterocycles. The molecule has 2 saturated carbocycles. The van der Waals surface area contributed by atoms with E-state index in [4.69, 9.17) is 5.73 Å². The Morgan fingerprint density at radius 2 is 1.76 bits per heavy atom. The quantitative estimate of drug-likeness (QED) is 0.819. The molecule has 0 aromatic rings. The summed E-state index contributed by atoms with van der Waals surface area (Å²) >= 11 is 0. The van der Waals surface area contributed by atoms with Crippen LogP contribution in [0.3, 0.4) is 0 Å². The monoisotopic (exact) mass is 237 g/mol. The lowest BCUT2D eigenvalue weighted by molar-refractivity contribution is -0.129. The minimum atomic E-state index is 0.369.